The third-order valence-corrected chi connectivity index (χ3v) is 5.74. The highest BCUT2D eigenvalue weighted by molar-refractivity contribution is 6.36. The first kappa shape index (κ1) is 26.6. The summed E-state index contributed by atoms with van der Waals surface area (Å²) in [7, 11) is 0. The van der Waals surface area contributed by atoms with E-state index in [0.29, 0.717) is 43.0 Å². The molecule has 190 valence electrons. The van der Waals surface area contributed by atoms with Gasteiger partial charge in [0.15, 0.2) is 11.4 Å². The average Bonchev–Trinajstić information content (AvgIpc) is 3.33. The number of nitrogens with one attached hydrogen (secondary N) is 3. The summed E-state index contributed by atoms with van der Waals surface area (Å²) in [4.78, 5) is 24.5. The van der Waals surface area contributed by atoms with Crippen LogP contribution in [0, 0.1) is 0 Å². The summed E-state index contributed by atoms with van der Waals surface area (Å²) in [6.45, 7) is 0.322. The topological polar surface area (TPSA) is 110 Å². The number of rotatable bonds is 8. The number of hydrogen-bond donors (Lipinski definition) is 3. The fourth-order valence-electron chi connectivity index (χ4n) is 3.14. The number of carbonyl (C=O) groups excluding carboxylic acids is 2. The van der Waals surface area contributed by atoms with Crippen LogP contribution in [0.1, 0.15) is 10.5 Å². The van der Waals surface area contributed by atoms with E-state index in [1.165, 1.54) is 10.9 Å². The Morgan fingerprint density at radius 3 is 2.32 bits per heavy atom. The third kappa shape index (κ3) is 7.27. The highest BCUT2D eigenvalue weighted by Gasteiger charge is 2.15. The predicted molar refractivity (Wildman–Crippen MR) is 144 cm³/mol. The van der Waals surface area contributed by atoms with Gasteiger partial charge >= 0.3 is 6.03 Å². The van der Waals surface area contributed by atoms with Crippen LogP contribution in [0.2, 0.25) is 20.1 Å². The molecular formula is C24H18Cl4N6O3. The van der Waals surface area contributed by atoms with Gasteiger partial charge in [0.1, 0.15) is 11.4 Å². The molecule has 3 amide bonds. The van der Waals surface area contributed by atoms with Crippen molar-refractivity contribution in [2.24, 2.45) is 0 Å². The van der Waals surface area contributed by atoms with E-state index < -0.39 is 11.9 Å². The van der Waals surface area contributed by atoms with E-state index in [2.05, 4.69) is 26.3 Å². The van der Waals surface area contributed by atoms with Crippen LogP contribution >= 0.6 is 46.4 Å². The predicted octanol–water partition coefficient (Wildman–Crippen LogP) is 6.22. The van der Waals surface area contributed by atoms with Gasteiger partial charge in [-0.1, -0.05) is 63.7 Å². The van der Waals surface area contributed by atoms with Gasteiger partial charge in [-0.3, -0.25) is 4.79 Å². The van der Waals surface area contributed by atoms with Gasteiger partial charge in [0.05, 0.1) is 11.2 Å². The number of ether oxygens (including phenoxy) is 1. The molecule has 3 N–H and O–H groups in total. The van der Waals surface area contributed by atoms with Crippen molar-refractivity contribution in [2.75, 3.05) is 18.4 Å². The number of nitrogens with zero attached hydrogens (tertiary/aromatic N) is 3. The van der Waals surface area contributed by atoms with Crippen LogP contribution < -0.4 is 20.7 Å². The molecular weight excluding hydrogens is 562 g/mol. The van der Waals surface area contributed by atoms with Crippen molar-refractivity contribution in [1.82, 2.24) is 25.6 Å². The molecule has 0 atom stereocenters. The van der Waals surface area contributed by atoms with Gasteiger partial charge in [-0.15, -0.1) is 5.10 Å². The van der Waals surface area contributed by atoms with Gasteiger partial charge in [-0.25, -0.2) is 9.48 Å². The smallest absolute Gasteiger partial charge is 0.319 e. The quantitative estimate of drug-likeness (QED) is 0.214. The molecule has 1 aromatic heterocycles. The number of anilines is 1. The van der Waals surface area contributed by atoms with Crippen molar-refractivity contribution < 1.29 is 14.3 Å². The molecule has 13 heteroatoms. The summed E-state index contributed by atoms with van der Waals surface area (Å²) in [5, 5.41) is 17.5. The maximum Gasteiger partial charge on any atom is 0.319 e. The number of hydrogen-bond acceptors (Lipinski definition) is 5. The molecule has 0 radical (unpaired) electrons. The van der Waals surface area contributed by atoms with Crippen molar-refractivity contribution in [3.63, 3.8) is 0 Å². The molecule has 4 aromatic rings. The summed E-state index contributed by atoms with van der Waals surface area (Å²) in [6.07, 6.45) is 1.46. The zero-order valence-electron chi connectivity index (χ0n) is 18.8. The summed E-state index contributed by atoms with van der Waals surface area (Å²) >= 11 is 24.0. The summed E-state index contributed by atoms with van der Waals surface area (Å²) in [5.74, 6) is 0.389. The molecule has 1 heterocycles. The van der Waals surface area contributed by atoms with Crippen molar-refractivity contribution in [2.45, 2.75) is 0 Å². The minimum atomic E-state index is -0.476. The molecule has 0 spiro atoms. The van der Waals surface area contributed by atoms with Crippen LogP contribution in [-0.2, 0) is 0 Å². The Morgan fingerprint density at radius 1 is 0.838 bits per heavy atom. The Kier molecular flexibility index (Phi) is 8.73. The monoisotopic (exact) mass is 578 g/mol. The molecule has 37 heavy (non-hydrogen) atoms. The number of carbonyl (C=O) groups is 2. The van der Waals surface area contributed by atoms with E-state index in [0.717, 1.165) is 0 Å². The molecule has 0 aliphatic rings. The Bertz CT molecular complexity index is 1430. The standard InChI is InChI=1S/C24H18Cl4N6O3/c25-14-5-6-21(18(28)12-14)37-22-4-2-1-3-20(22)34-13-19(32-33-34)23(35)29-7-8-30-24(36)31-17-10-15(26)9-16(27)11-17/h1-6,9-13H,7-8H2,(H,29,35)(H2,30,31,36). The van der Waals surface area contributed by atoms with Gasteiger partial charge in [0.2, 0.25) is 0 Å². The number of urea groups is 1. The molecule has 0 aliphatic carbocycles. The Balaban J connectivity index is 1.32. The SMILES string of the molecule is O=C(NCCNC(=O)c1cn(-c2ccccc2Oc2ccc(Cl)cc2Cl)nn1)Nc1cc(Cl)cc(Cl)c1. The Hall–Kier alpha value is -3.50. The van der Waals surface area contributed by atoms with E-state index in [-0.39, 0.29) is 18.8 Å². The van der Waals surface area contributed by atoms with Crippen LogP contribution in [-0.4, -0.2) is 40.0 Å². The first-order valence-electron chi connectivity index (χ1n) is 10.7. The number of para-hydroxylation sites is 2. The summed E-state index contributed by atoms with van der Waals surface area (Å²) in [6, 6.07) is 16.2. The van der Waals surface area contributed by atoms with Crippen LogP contribution in [0.3, 0.4) is 0 Å². The van der Waals surface area contributed by atoms with Crippen molar-refractivity contribution in [3.05, 3.63) is 92.6 Å². The Morgan fingerprint density at radius 2 is 1.57 bits per heavy atom. The van der Waals surface area contributed by atoms with Gasteiger partial charge in [0.25, 0.3) is 5.91 Å². The first-order valence-corrected chi connectivity index (χ1v) is 12.2. The lowest BCUT2D eigenvalue weighted by Gasteiger charge is -2.11. The lowest BCUT2D eigenvalue weighted by atomic mass is 10.3. The lowest BCUT2D eigenvalue weighted by Crippen LogP contribution is -2.36. The van der Waals surface area contributed by atoms with Gasteiger partial charge < -0.3 is 20.7 Å². The number of aromatic nitrogens is 3. The van der Waals surface area contributed by atoms with E-state index in [4.69, 9.17) is 51.1 Å². The van der Waals surface area contributed by atoms with Crippen molar-refractivity contribution in [3.8, 4) is 17.2 Å². The molecule has 0 unspecified atom stereocenters. The number of benzene rings is 3. The van der Waals surface area contributed by atoms with Crippen LogP contribution in [0.15, 0.2) is 66.9 Å². The van der Waals surface area contributed by atoms with E-state index in [1.807, 2.05) is 0 Å². The minimum absolute atomic E-state index is 0.0809. The fourth-order valence-corrected chi connectivity index (χ4v) is 4.11. The minimum Gasteiger partial charge on any atom is -0.454 e. The van der Waals surface area contributed by atoms with E-state index >= 15 is 0 Å². The molecule has 0 saturated heterocycles. The van der Waals surface area contributed by atoms with Crippen LogP contribution in [0.25, 0.3) is 5.69 Å². The van der Waals surface area contributed by atoms with Gasteiger partial charge in [0, 0.05) is 33.8 Å². The van der Waals surface area contributed by atoms with E-state index in [1.54, 1.807) is 60.7 Å². The number of amides is 3. The molecule has 9 nitrogen and oxygen atoms in total. The Labute approximate surface area is 231 Å². The highest BCUT2D eigenvalue weighted by atomic mass is 35.5. The van der Waals surface area contributed by atoms with Crippen LogP contribution in [0.4, 0.5) is 10.5 Å². The average molecular weight is 580 g/mol. The largest absolute Gasteiger partial charge is 0.454 e. The van der Waals surface area contributed by atoms with E-state index in [9.17, 15) is 9.59 Å². The number of halogens is 4. The molecule has 0 bridgehead atoms. The molecule has 0 saturated carbocycles. The molecule has 0 aliphatic heterocycles. The second kappa shape index (κ2) is 12.2. The zero-order chi connectivity index (χ0) is 26.4. The second-order valence-corrected chi connectivity index (χ2v) is 9.20. The first-order chi connectivity index (χ1) is 17.8. The van der Waals surface area contributed by atoms with Gasteiger partial charge in [-0.2, -0.15) is 0 Å². The summed E-state index contributed by atoms with van der Waals surface area (Å²) in [5.41, 5.74) is 1.06. The summed E-state index contributed by atoms with van der Waals surface area (Å²) < 4.78 is 7.35. The normalized spacial score (nSPS) is 10.6. The molecule has 4 rings (SSSR count). The maximum absolute atomic E-state index is 12.5. The lowest BCUT2D eigenvalue weighted by molar-refractivity contribution is 0.0949. The third-order valence-electron chi connectivity index (χ3n) is 4.77. The zero-order valence-corrected chi connectivity index (χ0v) is 21.9. The fraction of sp³-hybridized carbons (Fsp3) is 0.0833. The maximum atomic E-state index is 12.5. The highest BCUT2D eigenvalue weighted by Crippen LogP contribution is 2.34. The van der Waals surface area contributed by atoms with Crippen molar-refractivity contribution >= 4 is 64.0 Å². The molecule has 3 aromatic carbocycles. The van der Waals surface area contributed by atoms with Crippen LogP contribution in [0.5, 0.6) is 11.5 Å². The van der Waals surface area contributed by atoms with Crippen molar-refractivity contribution in [1.29, 1.82) is 0 Å². The second-order valence-electron chi connectivity index (χ2n) is 7.49. The molecule has 0 fully saturated rings. The van der Waals surface area contributed by atoms with Gasteiger partial charge in [-0.05, 0) is 48.5 Å².